The number of amides is 1. The number of nitrogens with zero attached hydrogens (tertiary/aromatic N) is 3. The zero-order valence-corrected chi connectivity index (χ0v) is 20.7. The van der Waals surface area contributed by atoms with Crippen molar-refractivity contribution in [2.24, 2.45) is 0 Å². The SMILES string of the molecule is CCOc1cccc([C@H]2C(C(=O)c3sc(C)nc3C)=C(O)C(=O)N2CCCN2CCOCC2)c1. The van der Waals surface area contributed by atoms with Gasteiger partial charge in [-0.25, -0.2) is 4.98 Å². The van der Waals surface area contributed by atoms with E-state index >= 15 is 0 Å². The molecule has 0 unspecified atom stereocenters. The van der Waals surface area contributed by atoms with Crippen molar-refractivity contribution in [2.45, 2.75) is 33.2 Å². The van der Waals surface area contributed by atoms with Gasteiger partial charge in [0.25, 0.3) is 5.91 Å². The number of ketones is 1. The average Bonchev–Trinajstić information content (AvgIpc) is 3.30. The van der Waals surface area contributed by atoms with Crippen molar-refractivity contribution in [1.29, 1.82) is 0 Å². The summed E-state index contributed by atoms with van der Waals surface area (Å²) < 4.78 is 11.1. The fraction of sp³-hybridized carbons (Fsp3) is 0.480. The van der Waals surface area contributed by atoms with Crippen molar-refractivity contribution < 1.29 is 24.2 Å². The second-order valence-corrected chi connectivity index (χ2v) is 9.66. The Balaban J connectivity index is 1.65. The Kier molecular flexibility index (Phi) is 7.65. The van der Waals surface area contributed by atoms with E-state index in [0.29, 0.717) is 42.7 Å². The molecule has 1 atom stereocenters. The summed E-state index contributed by atoms with van der Waals surface area (Å²) >= 11 is 1.28. The topological polar surface area (TPSA) is 92.2 Å². The minimum atomic E-state index is -0.688. The van der Waals surface area contributed by atoms with Gasteiger partial charge in [-0.1, -0.05) is 12.1 Å². The van der Waals surface area contributed by atoms with Crippen LogP contribution in [0.4, 0.5) is 0 Å². The molecule has 182 valence electrons. The van der Waals surface area contributed by atoms with E-state index < -0.39 is 17.7 Å². The van der Waals surface area contributed by atoms with Gasteiger partial charge in [-0.05, 0) is 44.9 Å². The Hall–Kier alpha value is -2.75. The van der Waals surface area contributed by atoms with Gasteiger partial charge in [0.2, 0.25) is 5.78 Å². The van der Waals surface area contributed by atoms with E-state index in [0.717, 1.165) is 36.6 Å². The van der Waals surface area contributed by atoms with Crippen molar-refractivity contribution in [3.05, 3.63) is 56.7 Å². The van der Waals surface area contributed by atoms with Crippen molar-refractivity contribution in [1.82, 2.24) is 14.8 Å². The number of carbonyl (C=O) groups excluding carboxylic acids is 2. The molecule has 34 heavy (non-hydrogen) atoms. The third-order valence-corrected chi connectivity index (χ3v) is 7.19. The number of aryl methyl sites for hydroxylation is 2. The van der Waals surface area contributed by atoms with Crippen molar-refractivity contribution >= 4 is 23.0 Å². The van der Waals surface area contributed by atoms with Crippen LogP contribution in [0.3, 0.4) is 0 Å². The van der Waals surface area contributed by atoms with Crippen molar-refractivity contribution in [3.63, 3.8) is 0 Å². The smallest absolute Gasteiger partial charge is 0.290 e. The second-order valence-electron chi connectivity index (χ2n) is 8.45. The van der Waals surface area contributed by atoms with Crippen molar-refractivity contribution in [2.75, 3.05) is 46.0 Å². The highest BCUT2D eigenvalue weighted by Crippen LogP contribution is 2.41. The Morgan fingerprint density at radius 1 is 1.26 bits per heavy atom. The third-order valence-electron chi connectivity index (χ3n) is 6.12. The molecule has 2 aliphatic heterocycles. The number of carbonyl (C=O) groups is 2. The molecule has 9 heteroatoms. The number of ether oxygens (including phenoxy) is 2. The standard InChI is InChI=1S/C25H31N3O5S/c1-4-33-19-8-5-7-18(15-19)21-20(22(29)24-16(2)26-17(3)34-24)23(30)25(31)28(21)10-6-9-27-11-13-32-14-12-27/h5,7-8,15,21,30H,4,6,9-14H2,1-3H3/t21-/m0/s1. The highest BCUT2D eigenvalue weighted by atomic mass is 32.1. The molecule has 4 rings (SSSR count). The largest absolute Gasteiger partial charge is 0.503 e. The van der Waals surface area contributed by atoms with E-state index in [9.17, 15) is 14.7 Å². The summed E-state index contributed by atoms with van der Waals surface area (Å²) in [6.45, 7) is 10.4. The summed E-state index contributed by atoms with van der Waals surface area (Å²) in [5.41, 5.74) is 1.45. The van der Waals surface area contributed by atoms with Crippen LogP contribution in [0.1, 0.15) is 45.3 Å². The van der Waals surface area contributed by atoms with Gasteiger partial charge in [-0.2, -0.15) is 0 Å². The Morgan fingerprint density at radius 2 is 2.03 bits per heavy atom. The first kappa shape index (κ1) is 24.4. The molecule has 1 aromatic heterocycles. The number of Topliss-reactive ketones (excluding diaryl/α,β-unsaturated/α-hetero) is 1. The quantitative estimate of drug-likeness (QED) is 0.544. The first-order valence-corrected chi connectivity index (χ1v) is 12.5. The number of rotatable bonds is 9. The Bertz CT molecular complexity index is 1090. The molecule has 0 spiro atoms. The molecule has 2 aromatic rings. The van der Waals surface area contributed by atoms with Crippen LogP contribution < -0.4 is 4.74 Å². The molecule has 1 amide bonds. The summed E-state index contributed by atoms with van der Waals surface area (Å²) in [6.07, 6.45) is 0.723. The maximum absolute atomic E-state index is 13.6. The van der Waals surface area contributed by atoms with Crippen LogP contribution in [-0.2, 0) is 9.53 Å². The molecule has 1 saturated heterocycles. The van der Waals surface area contributed by atoms with Gasteiger partial charge in [0, 0.05) is 26.2 Å². The van der Waals surface area contributed by atoms with Gasteiger partial charge >= 0.3 is 0 Å². The minimum absolute atomic E-state index is 0.108. The Morgan fingerprint density at radius 3 is 2.71 bits per heavy atom. The molecular formula is C25H31N3O5S. The Labute approximate surface area is 203 Å². The van der Waals surface area contributed by atoms with Crippen LogP contribution in [0.15, 0.2) is 35.6 Å². The molecule has 3 heterocycles. The predicted octanol–water partition coefficient (Wildman–Crippen LogP) is 3.46. The predicted molar refractivity (Wildman–Crippen MR) is 130 cm³/mol. The number of thiazole rings is 1. The number of aliphatic hydroxyl groups is 1. The fourth-order valence-corrected chi connectivity index (χ4v) is 5.43. The highest BCUT2D eigenvalue weighted by molar-refractivity contribution is 7.14. The van der Waals surface area contributed by atoms with E-state index in [1.165, 1.54) is 11.3 Å². The molecule has 1 aromatic carbocycles. The van der Waals surface area contributed by atoms with E-state index in [-0.39, 0.29) is 11.4 Å². The van der Waals surface area contributed by atoms with Gasteiger partial charge in [0.05, 0.1) is 47.0 Å². The second kappa shape index (κ2) is 10.7. The average molecular weight is 486 g/mol. The number of aromatic nitrogens is 1. The molecule has 8 nitrogen and oxygen atoms in total. The molecule has 0 saturated carbocycles. The van der Waals surface area contributed by atoms with Gasteiger partial charge in [0.15, 0.2) is 5.76 Å². The number of aliphatic hydroxyl groups excluding tert-OH is 1. The van der Waals surface area contributed by atoms with E-state index in [4.69, 9.17) is 9.47 Å². The fourth-order valence-electron chi connectivity index (χ4n) is 4.56. The number of hydrogen-bond acceptors (Lipinski definition) is 8. The van der Waals surface area contributed by atoms with Gasteiger partial charge in [-0.3, -0.25) is 14.5 Å². The highest BCUT2D eigenvalue weighted by Gasteiger charge is 2.44. The molecule has 2 aliphatic rings. The maximum atomic E-state index is 13.6. The third kappa shape index (κ3) is 5.01. The molecule has 0 aliphatic carbocycles. The molecule has 0 bridgehead atoms. The molecule has 1 fully saturated rings. The summed E-state index contributed by atoms with van der Waals surface area (Å²) in [5, 5.41) is 11.7. The van der Waals surface area contributed by atoms with Crippen LogP contribution in [-0.4, -0.2) is 77.6 Å². The van der Waals surface area contributed by atoms with Gasteiger partial charge in [0.1, 0.15) is 5.75 Å². The van der Waals surface area contributed by atoms with Gasteiger partial charge in [-0.15, -0.1) is 11.3 Å². The first-order chi connectivity index (χ1) is 16.4. The van der Waals surface area contributed by atoms with Crippen LogP contribution in [0.25, 0.3) is 0 Å². The lowest BCUT2D eigenvalue weighted by Gasteiger charge is -2.30. The summed E-state index contributed by atoms with van der Waals surface area (Å²) in [6, 6.07) is 6.70. The van der Waals surface area contributed by atoms with Crippen LogP contribution >= 0.6 is 11.3 Å². The van der Waals surface area contributed by atoms with Crippen LogP contribution in [0.2, 0.25) is 0 Å². The normalized spacial score (nSPS) is 19.2. The zero-order valence-electron chi connectivity index (χ0n) is 19.9. The number of morpholine rings is 1. The lowest BCUT2D eigenvalue weighted by molar-refractivity contribution is -0.129. The van der Waals surface area contributed by atoms with Crippen molar-refractivity contribution in [3.8, 4) is 5.75 Å². The molecule has 0 radical (unpaired) electrons. The van der Waals surface area contributed by atoms with E-state index in [2.05, 4.69) is 9.88 Å². The van der Waals surface area contributed by atoms with Crippen LogP contribution in [0, 0.1) is 13.8 Å². The maximum Gasteiger partial charge on any atom is 0.290 e. The number of hydrogen-bond donors (Lipinski definition) is 1. The lowest BCUT2D eigenvalue weighted by atomic mass is 9.95. The van der Waals surface area contributed by atoms with E-state index in [1.54, 1.807) is 11.8 Å². The summed E-state index contributed by atoms with van der Waals surface area (Å²) in [4.78, 5) is 35.6. The molecular weight excluding hydrogens is 454 g/mol. The van der Waals surface area contributed by atoms with E-state index in [1.807, 2.05) is 38.1 Å². The summed E-state index contributed by atoms with van der Waals surface area (Å²) in [5.74, 6) is -0.690. The van der Waals surface area contributed by atoms with Crippen LogP contribution in [0.5, 0.6) is 5.75 Å². The lowest BCUT2D eigenvalue weighted by Crippen LogP contribution is -2.39. The minimum Gasteiger partial charge on any atom is -0.503 e. The summed E-state index contributed by atoms with van der Waals surface area (Å²) in [7, 11) is 0. The zero-order chi connectivity index (χ0) is 24.2. The van der Waals surface area contributed by atoms with Gasteiger partial charge < -0.3 is 19.5 Å². The number of benzene rings is 1. The monoisotopic (exact) mass is 485 g/mol. The first-order valence-electron chi connectivity index (χ1n) is 11.7. The molecule has 1 N–H and O–H groups in total.